The van der Waals surface area contributed by atoms with Crippen LogP contribution in [0.5, 0.6) is 17.2 Å². The van der Waals surface area contributed by atoms with Crippen LogP contribution in [0.2, 0.25) is 0 Å². The standard InChI is InChI=1S/C54H36N2O2/c1-3-15-39(16-4-1)55(41-21-19-35-11-7-9-13-37(35)31-41)43-23-25-45-47-27-28-48-46-26-24-44(34-52(46)58-50-30-29-49(53(47)54(48)50)57-51(45)33-43)56(40-17-5-2-6-18-40)42-22-20-36-12-8-10-14-38(36)32-42/h1-23,25,27-34H,24,26H2. The first-order valence-corrected chi connectivity index (χ1v) is 20.0. The second kappa shape index (κ2) is 13.0. The first-order chi connectivity index (χ1) is 28.7. The van der Waals surface area contributed by atoms with Gasteiger partial charge in [0.1, 0.15) is 23.0 Å². The summed E-state index contributed by atoms with van der Waals surface area (Å²) >= 11 is 0. The number of ether oxygens (including phenoxy) is 2. The van der Waals surface area contributed by atoms with E-state index in [4.69, 9.17) is 9.47 Å². The molecular weight excluding hydrogens is 709 g/mol. The summed E-state index contributed by atoms with van der Waals surface area (Å²) in [4.78, 5) is 4.69. The van der Waals surface area contributed by atoms with Crippen LogP contribution in [-0.2, 0) is 0 Å². The Bertz CT molecular complexity index is 3180. The average molecular weight is 745 g/mol. The van der Waals surface area contributed by atoms with Crippen molar-refractivity contribution >= 4 is 66.3 Å². The molecule has 0 fully saturated rings. The van der Waals surface area contributed by atoms with Crippen LogP contribution in [-0.4, -0.2) is 0 Å². The van der Waals surface area contributed by atoms with Crippen molar-refractivity contribution in [2.75, 3.05) is 9.80 Å². The van der Waals surface area contributed by atoms with Gasteiger partial charge in [0.05, 0.1) is 0 Å². The second-order valence-corrected chi connectivity index (χ2v) is 15.2. The maximum absolute atomic E-state index is 6.89. The molecule has 0 N–H and O–H groups in total. The fourth-order valence-electron chi connectivity index (χ4n) is 9.21. The van der Waals surface area contributed by atoms with Crippen LogP contribution < -0.4 is 19.3 Å². The van der Waals surface area contributed by atoms with E-state index in [0.717, 1.165) is 86.2 Å². The number of fused-ring (bicyclic) bond motifs is 5. The van der Waals surface area contributed by atoms with Gasteiger partial charge in [-0.25, -0.2) is 0 Å². The molecule has 2 aliphatic heterocycles. The van der Waals surface area contributed by atoms with Gasteiger partial charge < -0.3 is 19.3 Å². The summed E-state index contributed by atoms with van der Waals surface area (Å²) in [7, 11) is 0. The summed E-state index contributed by atoms with van der Waals surface area (Å²) in [5.74, 6) is 3.46. The highest BCUT2D eigenvalue weighted by Crippen LogP contribution is 2.55. The SMILES string of the molecule is C1=C(N(c2ccccc2)c2ccc3ccccc3c2)CCC2=C1Oc1ccc3c4c(ccc2c14)-c1ccc(N(c2ccccc2)c2ccc4ccccc4c2)cc1O3. The zero-order valence-corrected chi connectivity index (χ0v) is 31.6. The summed E-state index contributed by atoms with van der Waals surface area (Å²) in [6.07, 6.45) is 3.99. The van der Waals surface area contributed by atoms with E-state index < -0.39 is 0 Å². The van der Waals surface area contributed by atoms with Gasteiger partial charge in [-0.2, -0.15) is 0 Å². The van der Waals surface area contributed by atoms with Gasteiger partial charge in [-0.05, 0) is 118 Å². The third-order valence-corrected chi connectivity index (χ3v) is 11.9. The van der Waals surface area contributed by atoms with Crippen LogP contribution in [0.15, 0.2) is 206 Å². The number of hydrogen-bond donors (Lipinski definition) is 0. The number of rotatable bonds is 6. The van der Waals surface area contributed by atoms with E-state index in [1.165, 1.54) is 38.4 Å². The van der Waals surface area contributed by atoms with Crippen LogP contribution in [0.4, 0.5) is 28.4 Å². The number of hydrogen-bond acceptors (Lipinski definition) is 4. The van der Waals surface area contributed by atoms with Crippen molar-refractivity contribution in [2.45, 2.75) is 12.8 Å². The number of para-hydroxylation sites is 2. The van der Waals surface area contributed by atoms with Gasteiger partial charge in [0.15, 0.2) is 0 Å². The quantitative estimate of drug-likeness (QED) is 0.169. The average Bonchev–Trinajstić information content (AvgIpc) is 3.28. The predicted octanol–water partition coefficient (Wildman–Crippen LogP) is 15.0. The van der Waals surface area contributed by atoms with Crippen LogP contribution in [0.1, 0.15) is 18.4 Å². The molecule has 0 atom stereocenters. The molecule has 9 aromatic rings. The number of nitrogens with zero attached hydrogens (tertiary/aromatic N) is 2. The van der Waals surface area contributed by atoms with Crippen molar-refractivity contribution in [1.82, 2.24) is 0 Å². The Kier molecular flexibility index (Phi) is 7.32. The summed E-state index contributed by atoms with van der Waals surface area (Å²) in [6, 6.07) is 67.0. The summed E-state index contributed by atoms with van der Waals surface area (Å²) < 4.78 is 13.7. The van der Waals surface area contributed by atoms with Crippen LogP contribution in [0.25, 0.3) is 49.0 Å². The molecule has 0 saturated heterocycles. The normalized spacial score (nSPS) is 13.7. The van der Waals surface area contributed by atoms with Gasteiger partial charge in [0.2, 0.25) is 0 Å². The van der Waals surface area contributed by atoms with Crippen LogP contribution in [0, 0.1) is 0 Å². The molecule has 0 spiro atoms. The predicted molar refractivity (Wildman–Crippen MR) is 239 cm³/mol. The van der Waals surface area contributed by atoms with Crippen molar-refractivity contribution in [2.24, 2.45) is 0 Å². The van der Waals surface area contributed by atoms with Crippen molar-refractivity contribution in [3.8, 4) is 28.4 Å². The van der Waals surface area contributed by atoms with E-state index >= 15 is 0 Å². The minimum absolute atomic E-state index is 0.839. The molecule has 0 radical (unpaired) electrons. The molecule has 2 heterocycles. The molecule has 0 saturated carbocycles. The molecule has 0 aromatic heterocycles. The Labute approximate surface area is 336 Å². The minimum Gasteiger partial charge on any atom is -0.456 e. The van der Waals surface area contributed by atoms with Crippen molar-refractivity contribution in [3.05, 3.63) is 211 Å². The van der Waals surface area contributed by atoms with Gasteiger partial charge in [0.25, 0.3) is 0 Å². The largest absolute Gasteiger partial charge is 0.456 e. The number of benzene rings is 9. The van der Waals surface area contributed by atoms with E-state index in [-0.39, 0.29) is 0 Å². The third kappa shape index (κ3) is 5.23. The van der Waals surface area contributed by atoms with E-state index in [9.17, 15) is 0 Å². The third-order valence-electron chi connectivity index (χ3n) is 11.9. The molecule has 3 aliphatic rings. The fraction of sp³-hybridized carbons (Fsp3) is 0.0370. The first-order valence-electron chi connectivity index (χ1n) is 20.0. The molecule has 58 heavy (non-hydrogen) atoms. The van der Waals surface area contributed by atoms with Gasteiger partial charge in [-0.15, -0.1) is 0 Å². The highest BCUT2D eigenvalue weighted by atomic mass is 16.5. The Morgan fingerprint density at radius 1 is 0.345 bits per heavy atom. The first kappa shape index (κ1) is 32.7. The fourth-order valence-corrected chi connectivity index (χ4v) is 9.21. The topological polar surface area (TPSA) is 24.9 Å². The Morgan fingerprint density at radius 3 is 1.55 bits per heavy atom. The maximum Gasteiger partial charge on any atom is 0.137 e. The highest BCUT2D eigenvalue weighted by Gasteiger charge is 2.32. The minimum atomic E-state index is 0.839. The van der Waals surface area contributed by atoms with Crippen LogP contribution >= 0.6 is 0 Å². The molecule has 0 amide bonds. The Balaban J connectivity index is 0.943. The highest BCUT2D eigenvalue weighted by molar-refractivity contribution is 6.12. The van der Waals surface area contributed by atoms with Gasteiger partial charge >= 0.3 is 0 Å². The molecule has 9 aromatic carbocycles. The molecule has 1 aliphatic carbocycles. The number of allylic oxidation sites excluding steroid dienone is 3. The molecule has 0 bridgehead atoms. The lowest BCUT2D eigenvalue weighted by Gasteiger charge is -2.34. The lowest BCUT2D eigenvalue weighted by molar-refractivity contribution is 0.440. The lowest BCUT2D eigenvalue weighted by atomic mass is 9.85. The molecule has 4 heteroatoms. The molecular formula is C54H36N2O2. The second-order valence-electron chi connectivity index (χ2n) is 15.2. The molecule has 4 nitrogen and oxygen atoms in total. The number of anilines is 5. The van der Waals surface area contributed by atoms with E-state index in [1.807, 2.05) is 0 Å². The van der Waals surface area contributed by atoms with E-state index in [0.29, 0.717) is 0 Å². The molecule has 12 rings (SSSR count). The Hall–Kier alpha value is -7.56. The van der Waals surface area contributed by atoms with Crippen LogP contribution in [0.3, 0.4) is 0 Å². The van der Waals surface area contributed by atoms with Crippen molar-refractivity contribution in [3.63, 3.8) is 0 Å². The van der Waals surface area contributed by atoms with E-state index in [1.54, 1.807) is 0 Å². The maximum atomic E-state index is 6.89. The monoisotopic (exact) mass is 744 g/mol. The van der Waals surface area contributed by atoms with Crippen molar-refractivity contribution in [1.29, 1.82) is 0 Å². The van der Waals surface area contributed by atoms with E-state index in [2.05, 4.69) is 204 Å². The summed E-state index contributed by atoms with van der Waals surface area (Å²) in [5, 5.41) is 7.10. The zero-order valence-electron chi connectivity index (χ0n) is 31.6. The molecule has 274 valence electrons. The van der Waals surface area contributed by atoms with Gasteiger partial charge in [0, 0.05) is 68.2 Å². The Morgan fingerprint density at radius 2 is 0.862 bits per heavy atom. The van der Waals surface area contributed by atoms with Gasteiger partial charge in [-0.3, -0.25) is 0 Å². The van der Waals surface area contributed by atoms with Crippen molar-refractivity contribution < 1.29 is 9.47 Å². The smallest absolute Gasteiger partial charge is 0.137 e. The summed E-state index contributed by atoms with van der Waals surface area (Å²) in [5.41, 5.74) is 11.4. The summed E-state index contributed by atoms with van der Waals surface area (Å²) in [6.45, 7) is 0. The van der Waals surface area contributed by atoms with Gasteiger partial charge in [-0.1, -0.05) is 109 Å². The lowest BCUT2D eigenvalue weighted by Crippen LogP contribution is -2.20. The molecule has 0 unspecified atom stereocenters. The zero-order chi connectivity index (χ0) is 38.2.